The van der Waals surface area contributed by atoms with Crippen LogP contribution in [0.25, 0.3) is 0 Å². The number of primary sulfonamides is 1. The molecule has 2 fully saturated rings. The number of nitrogens with one attached hydrogen (secondary N) is 2. The van der Waals surface area contributed by atoms with Gasteiger partial charge in [0.05, 0.1) is 17.4 Å². The molecule has 3 rings (SSSR count). The highest BCUT2D eigenvalue weighted by Gasteiger charge is 2.45. The standard InChI is InChI=1S/C21H25N5O9S/c22-36(34,35)14-5-3-12(4-6-14)19(31)24-15-7-8-17(28)25-9-1-2-16(26(25)21(15)33)20(32)23-13(11-27)10-18(29)30/h3-6,11,13,15-16H,1-2,7-10H2,(H,23,32)(H,24,31)(H,29,30)(H2,22,34,35)/t13-,15-,16-/m0/s1. The number of carbonyl (C=O) groups is 6. The van der Waals surface area contributed by atoms with Crippen molar-refractivity contribution in [3.8, 4) is 0 Å². The number of rotatable bonds is 8. The summed E-state index contributed by atoms with van der Waals surface area (Å²) in [5.41, 5.74) is 0.0399. The van der Waals surface area contributed by atoms with Crippen LogP contribution in [0.5, 0.6) is 0 Å². The number of nitrogens with zero attached hydrogens (tertiary/aromatic N) is 2. The lowest BCUT2D eigenvalue weighted by atomic mass is 10.0. The first kappa shape index (κ1) is 26.7. The Kier molecular flexibility index (Phi) is 8.04. The van der Waals surface area contributed by atoms with E-state index in [1.165, 1.54) is 12.1 Å². The second kappa shape index (κ2) is 10.8. The average Bonchev–Trinajstić information content (AvgIpc) is 2.94. The van der Waals surface area contributed by atoms with Gasteiger partial charge in [0.15, 0.2) is 0 Å². The van der Waals surface area contributed by atoms with Gasteiger partial charge in [-0.15, -0.1) is 0 Å². The number of carbonyl (C=O) groups excluding carboxylic acids is 5. The van der Waals surface area contributed by atoms with Crippen molar-refractivity contribution in [2.24, 2.45) is 5.14 Å². The predicted octanol–water partition coefficient (Wildman–Crippen LogP) is -1.88. The fourth-order valence-electron chi connectivity index (χ4n) is 4.04. The third kappa shape index (κ3) is 6.04. The van der Waals surface area contributed by atoms with Crippen molar-refractivity contribution < 1.29 is 42.3 Å². The van der Waals surface area contributed by atoms with E-state index >= 15 is 0 Å². The molecule has 15 heteroatoms. The van der Waals surface area contributed by atoms with Gasteiger partial charge in [-0.1, -0.05) is 0 Å². The van der Waals surface area contributed by atoms with Gasteiger partial charge in [0.2, 0.25) is 21.8 Å². The van der Waals surface area contributed by atoms with Gasteiger partial charge < -0.3 is 20.5 Å². The number of carboxylic acids is 1. The topological polar surface area (TPSA) is 213 Å². The van der Waals surface area contributed by atoms with Crippen molar-refractivity contribution in [1.82, 2.24) is 20.7 Å². The summed E-state index contributed by atoms with van der Waals surface area (Å²) in [6, 6.07) is 1.00. The van der Waals surface area contributed by atoms with Gasteiger partial charge in [0.25, 0.3) is 11.8 Å². The number of fused-ring (bicyclic) bond motifs is 1. The number of benzene rings is 1. The molecule has 0 aliphatic carbocycles. The van der Waals surface area contributed by atoms with Gasteiger partial charge in [-0.05, 0) is 43.5 Å². The average molecular weight is 524 g/mol. The maximum Gasteiger partial charge on any atom is 0.305 e. The van der Waals surface area contributed by atoms with Crippen molar-refractivity contribution >= 4 is 45.9 Å². The van der Waals surface area contributed by atoms with Crippen molar-refractivity contribution in [3.05, 3.63) is 29.8 Å². The lowest BCUT2D eigenvalue weighted by Gasteiger charge is -2.43. The van der Waals surface area contributed by atoms with E-state index in [1.807, 2.05) is 0 Å². The van der Waals surface area contributed by atoms with E-state index in [0.717, 1.165) is 22.2 Å². The summed E-state index contributed by atoms with van der Waals surface area (Å²) < 4.78 is 22.8. The molecule has 2 saturated heterocycles. The Morgan fingerprint density at radius 3 is 2.42 bits per heavy atom. The number of nitrogens with two attached hydrogens (primary N) is 1. The van der Waals surface area contributed by atoms with Crippen molar-refractivity contribution in [2.75, 3.05) is 6.54 Å². The van der Waals surface area contributed by atoms with Crippen LogP contribution in [0, 0.1) is 0 Å². The summed E-state index contributed by atoms with van der Waals surface area (Å²) >= 11 is 0. The summed E-state index contributed by atoms with van der Waals surface area (Å²) in [5, 5.41) is 20.9. The van der Waals surface area contributed by atoms with Gasteiger partial charge in [0.1, 0.15) is 18.4 Å². The molecule has 3 atom stereocenters. The SMILES string of the molecule is NS(=O)(=O)c1ccc(C(=O)N[C@H]2CCC(=O)N3CCC[C@@H](C(=O)N[C@H](C=O)CC(=O)O)N3C2=O)cc1. The Morgan fingerprint density at radius 2 is 1.83 bits per heavy atom. The lowest BCUT2D eigenvalue weighted by molar-refractivity contribution is -0.176. The molecular weight excluding hydrogens is 498 g/mol. The molecule has 2 aliphatic rings. The van der Waals surface area contributed by atoms with E-state index in [2.05, 4.69) is 10.6 Å². The number of aldehydes is 1. The Balaban J connectivity index is 1.80. The third-order valence-corrected chi connectivity index (χ3v) is 6.73. The summed E-state index contributed by atoms with van der Waals surface area (Å²) in [5.74, 6) is -3.98. The molecule has 0 saturated carbocycles. The minimum absolute atomic E-state index is 0.0399. The molecule has 4 amide bonds. The number of aliphatic carboxylic acids is 1. The molecule has 0 aromatic heterocycles. The van der Waals surface area contributed by atoms with Crippen LogP contribution >= 0.6 is 0 Å². The van der Waals surface area contributed by atoms with E-state index in [0.29, 0.717) is 6.42 Å². The van der Waals surface area contributed by atoms with E-state index in [-0.39, 0.29) is 42.6 Å². The van der Waals surface area contributed by atoms with Crippen molar-refractivity contribution in [1.29, 1.82) is 0 Å². The minimum atomic E-state index is -3.97. The second-order valence-electron chi connectivity index (χ2n) is 8.34. The first-order valence-electron chi connectivity index (χ1n) is 11.0. The molecule has 1 aromatic rings. The fraction of sp³-hybridized carbons (Fsp3) is 0.429. The van der Waals surface area contributed by atoms with E-state index in [9.17, 15) is 37.2 Å². The zero-order valence-corrected chi connectivity index (χ0v) is 19.8. The maximum absolute atomic E-state index is 13.4. The molecule has 194 valence electrons. The van der Waals surface area contributed by atoms with Gasteiger partial charge in [-0.2, -0.15) is 0 Å². The van der Waals surface area contributed by atoms with Crippen LogP contribution in [-0.4, -0.2) is 84.1 Å². The van der Waals surface area contributed by atoms with Crippen molar-refractivity contribution in [2.45, 2.75) is 55.1 Å². The summed E-state index contributed by atoms with van der Waals surface area (Å²) in [6.07, 6.45) is 0.00690. The number of sulfonamides is 1. The molecule has 0 radical (unpaired) electrons. The molecule has 0 unspecified atom stereocenters. The third-order valence-electron chi connectivity index (χ3n) is 5.80. The Labute approximate surface area is 205 Å². The fourth-order valence-corrected chi connectivity index (χ4v) is 4.56. The molecule has 1 aromatic carbocycles. The molecule has 2 heterocycles. The first-order valence-corrected chi connectivity index (χ1v) is 12.5. The summed E-state index contributed by atoms with van der Waals surface area (Å²) in [6.45, 7) is 0.163. The number of carboxylic acid groups (broad SMARTS) is 1. The number of hydrazine groups is 1. The van der Waals surface area contributed by atoms with Gasteiger partial charge >= 0.3 is 5.97 Å². The van der Waals surface area contributed by atoms with E-state index < -0.39 is 64.2 Å². The number of amides is 4. The normalized spacial score (nSPS) is 21.1. The van der Waals surface area contributed by atoms with Gasteiger partial charge in [-0.25, -0.2) is 18.6 Å². The summed E-state index contributed by atoms with van der Waals surface area (Å²) in [7, 11) is -3.97. The molecule has 5 N–H and O–H groups in total. The zero-order chi connectivity index (χ0) is 26.6. The smallest absolute Gasteiger partial charge is 0.305 e. The number of hydrogen-bond donors (Lipinski definition) is 4. The monoisotopic (exact) mass is 523 g/mol. The molecule has 0 spiro atoms. The highest BCUT2D eigenvalue weighted by molar-refractivity contribution is 7.89. The predicted molar refractivity (Wildman–Crippen MR) is 120 cm³/mol. The van der Waals surface area contributed by atoms with Gasteiger partial charge in [0, 0.05) is 18.5 Å². The lowest BCUT2D eigenvalue weighted by Crippen LogP contribution is -2.64. The van der Waals surface area contributed by atoms with Gasteiger partial charge in [-0.3, -0.25) is 29.0 Å². The molecule has 14 nitrogen and oxygen atoms in total. The van der Waals surface area contributed by atoms with Crippen LogP contribution < -0.4 is 15.8 Å². The highest BCUT2D eigenvalue weighted by Crippen LogP contribution is 2.25. The zero-order valence-electron chi connectivity index (χ0n) is 19.0. The van der Waals surface area contributed by atoms with Crippen LogP contribution in [0.4, 0.5) is 0 Å². The van der Waals surface area contributed by atoms with Crippen LogP contribution in [0.3, 0.4) is 0 Å². The highest BCUT2D eigenvalue weighted by atomic mass is 32.2. The summed E-state index contributed by atoms with van der Waals surface area (Å²) in [4.78, 5) is 73.6. The number of hydrogen-bond acceptors (Lipinski definition) is 8. The molecule has 2 aliphatic heterocycles. The van der Waals surface area contributed by atoms with Crippen LogP contribution in [0.2, 0.25) is 0 Å². The van der Waals surface area contributed by atoms with Crippen LogP contribution in [0.15, 0.2) is 29.2 Å². The Hall–Kier alpha value is -3.85. The second-order valence-corrected chi connectivity index (χ2v) is 9.90. The Morgan fingerprint density at radius 1 is 1.17 bits per heavy atom. The maximum atomic E-state index is 13.4. The molecule has 0 bridgehead atoms. The van der Waals surface area contributed by atoms with E-state index in [1.54, 1.807) is 0 Å². The quantitative estimate of drug-likeness (QED) is 0.280. The van der Waals surface area contributed by atoms with Crippen molar-refractivity contribution in [3.63, 3.8) is 0 Å². The largest absolute Gasteiger partial charge is 0.481 e. The Bertz CT molecular complexity index is 1180. The molecule has 36 heavy (non-hydrogen) atoms. The van der Waals surface area contributed by atoms with Crippen LogP contribution in [0.1, 0.15) is 42.5 Å². The van der Waals surface area contributed by atoms with Crippen LogP contribution in [-0.2, 0) is 34.0 Å². The van der Waals surface area contributed by atoms with E-state index in [4.69, 9.17) is 10.2 Å². The first-order chi connectivity index (χ1) is 16.9. The minimum Gasteiger partial charge on any atom is -0.481 e. The molecular formula is C21H25N5O9S.